The van der Waals surface area contributed by atoms with E-state index in [1.54, 1.807) is 0 Å². The first kappa shape index (κ1) is 14.4. The van der Waals surface area contributed by atoms with E-state index < -0.39 is 0 Å². The predicted molar refractivity (Wildman–Crippen MR) is 83.5 cm³/mol. The number of fused-ring (bicyclic) bond motifs is 1. The van der Waals surface area contributed by atoms with Gasteiger partial charge in [-0.05, 0) is 36.6 Å². The maximum Gasteiger partial charge on any atom is 0.225 e. The zero-order valence-electron chi connectivity index (χ0n) is 12.0. The van der Waals surface area contributed by atoms with Crippen LogP contribution in [-0.4, -0.2) is 24.1 Å². The Morgan fingerprint density at radius 1 is 1.48 bits per heavy atom. The lowest BCUT2D eigenvalue weighted by atomic mass is 10.1. The highest BCUT2D eigenvalue weighted by Gasteiger charge is 2.23. The number of aromatic nitrogens is 1. The van der Waals surface area contributed by atoms with Gasteiger partial charge in [-0.2, -0.15) is 0 Å². The standard InChI is InChI=1S/C16H19ClN2O2/c1-2-10-7-15-12(6-14(10)17)5-13(19-15)8-18-16(20)11-3-4-21-9-11/h5-7,11,19H,2-4,8-9H2,1H3,(H,18,20). The van der Waals surface area contributed by atoms with Crippen molar-refractivity contribution in [1.82, 2.24) is 10.3 Å². The van der Waals surface area contributed by atoms with Gasteiger partial charge in [0, 0.05) is 28.2 Å². The van der Waals surface area contributed by atoms with E-state index in [1.807, 2.05) is 12.1 Å². The predicted octanol–water partition coefficient (Wildman–Crippen LogP) is 3.04. The third-order valence-corrected chi connectivity index (χ3v) is 4.33. The average molecular weight is 307 g/mol. The molecule has 2 heterocycles. The molecule has 0 saturated carbocycles. The lowest BCUT2D eigenvalue weighted by Gasteiger charge is -2.07. The summed E-state index contributed by atoms with van der Waals surface area (Å²) in [6.07, 6.45) is 1.72. The fourth-order valence-corrected chi connectivity index (χ4v) is 3.00. The molecule has 0 bridgehead atoms. The van der Waals surface area contributed by atoms with Gasteiger partial charge in [0.1, 0.15) is 0 Å². The molecule has 21 heavy (non-hydrogen) atoms. The lowest BCUT2D eigenvalue weighted by molar-refractivity contribution is -0.125. The second-order valence-electron chi connectivity index (χ2n) is 5.46. The summed E-state index contributed by atoms with van der Waals surface area (Å²) in [7, 11) is 0. The highest BCUT2D eigenvalue weighted by molar-refractivity contribution is 6.32. The molecule has 1 amide bonds. The van der Waals surface area contributed by atoms with Crippen LogP contribution in [-0.2, 0) is 22.5 Å². The number of hydrogen-bond donors (Lipinski definition) is 2. The molecule has 0 spiro atoms. The Labute approximate surface area is 128 Å². The molecule has 1 unspecified atom stereocenters. The van der Waals surface area contributed by atoms with Crippen LogP contribution in [0.3, 0.4) is 0 Å². The van der Waals surface area contributed by atoms with Crippen molar-refractivity contribution in [3.05, 3.63) is 34.5 Å². The van der Waals surface area contributed by atoms with Crippen LogP contribution in [0, 0.1) is 5.92 Å². The Kier molecular flexibility index (Phi) is 4.17. The summed E-state index contributed by atoms with van der Waals surface area (Å²) in [5.74, 6) is 0.0638. The third kappa shape index (κ3) is 3.06. The van der Waals surface area contributed by atoms with Crippen molar-refractivity contribution in [3.63, 3.8) is 0 Å². The Balaban J connectivity index is 1.71. The summed E-state index contributed by atoms with van der Waals surface area (Å²) in [4.78, 5) is 15.3. The minimum absolute atomic E-state index is 0.00415. The summed E-state index contributed by atoms with van der Waals surface area (Å²) in [5, 5.41) is 4.83. The Morgan fingerprint density at radius 3 is 3.05 bits per heavy atom. The number of nitrogens with one attached hydrogen (secondary N) is 2. The summed E-state index contributed by atoms with van der Waals surface area (Å²) < 4.78 is 5.23. The number of ether oxygens (including phenoxy) is 1. The Morgan fingerprint density at radius 2 is 2.33 bits per heavy atom. The molecule has 5 heteroatoms. The van der Waals surface area contributed by atoms with Crippen LogP contribution in [0.5, 0.6) is 0 Å². The largest absolute Gasteiger partial charge is 0.381 e. The van der Waals surface area contributed by atoms with Gasteiger partial charge in [-0.3, -0.25) is 4.79 Å². The molecule has 1 aliphatic rings. The van der Waals surface area contributed by atoms with Crippen molar-refractivity contribution in [1.29, 1.82) is 0 Å². The van der Waals surface area contributed by atoms with Gasteiger partial charge in [0.25, 0.3) is 0 Å². The maximum atomic E-state index is 12.0. The van der Waals surface area contributed by atoms with Crippen LogP contribution >= 0.6 is 11.6 Å². The highest BCUT2D eigenvalue weighted by atomic mass is 35.5. The van der Waals surface area contributed by atoms with E-state index in [4.69, 9.17) is 16.3 Å². The number of aryl methyl sites for hydroxylation is 1. The molecular weight excluding hydrogens is 288 g/mol. The molecule has 2 N–H and O–H groups in total. The Hall–Kier alpha value is -1.52. The van der Waals surface area contributed by atoms with Crippen LogP contribution in [0.1, 0.15) is 24.6 Å². The van der Waals surface area contributed by atoms with E-state index in [2.05, 4.69) is 23.3 Å². The first-order valence-electron chi connectivity index (χ1n) is 7.33. The number of aromatic amines is 1. The number of amides is 1. The molecule has 1 atom stereocenters. The van der Waals surface area contributed by atoms with Gasteiger partial charge in [-0.15, -0.1) is 0 Å². The molecule has 1 aromatic carbocycles. The zero-order valence-corrected chi connectivity index (χ0v) is 12.8. The number of rotatable bonds is 4. The van der Waals surface area contributed by atoms with Gasteiger partial charge in [0.15, 0.2) is 0 Å². The van der Waals surface area contributed by atoms with E-state index in [0.717, 1.165) is 40.0 Å². The van der Waals surface area contributed by atoms with Gasteiger partial charge >= 0.3 is 0 Å². The van der Waals surface area contributed by atoms with Crippen LogP contribution in [0.2, 0.25) is 5.02 Å². The second kappa shape index (κ2) is 6.08. The van der Waals surface area contributed by atoms with Gasteiger partial charge in [0.05, 0.1) is 19.1 Å². The highest BCUT2D eigenvalue weighted by Crippen LogP contribution is 2.25. The smallest absolute Gasteiger partial charge is 0.225 e. The molecule has 1 saturated heterocycles. The van der Waals surface area contributed by atoms with E-state index in [0.29, 0.717) is 19.8 Å². The van der Waals surface area contributed by atoms with E-state index in [9.17, 15) is 4.79 Å². The topological polar surface area (TPSA) is 54.1 Å². The first-order valence-corrected chi connectivity index (χ1v) is 7.70. The number of carbonyl (C=O) groups is 1. The van der Waals surface area contributed by atoms with Crippen molar-refractivity contribution in [2.75, 3.05) is 13.2 Å². The normalized spacial score (nSPS) is 18.3. The second-order valence-corrected chi connectivity index (χ2v) is 5.86. The maximum absolute atomic E-state index is 12.0. The van der Waals surface area contributed by atoms with Gasteiger partial charge < -0.3 is 15.0 Å². The fourth-order valence-electron chi connectivity index (χ4n) is 2.69. The van der Waals surface area contributed by atoms with Crippen molar-refractivity contribution in [3.8, 4) is 0 Å². The molecule has 112 valence electrons. The molecule has 1 aliphatic heterocycles. The molecule has 3 rings (SSSR count). The monoisotopic (exact) mass is 306 g/mol. The van der Waals surface area contributed by atoms with Crippen molar-refractivity contribution >= 4 is 28.4 Å². The fraction of sp³-hybridized carbons (Fsp3) is 0.438. The number of benzene rings is 1. The van der Waals surface area contributed by atoms with Crippen molar-refractivity contribution in [2.45, 2.75) is 26.3 Å². The molecule has 1 aromatic heterocycles. The van der Waals surface area contributed by atoms with Gasteiger partial charge in [0.2, 0.25) is 5.91 Å². The molecular formula is C16H19ClN2O2. The zero-order chi connectivity index (χ0) is 14.8. The molecule has 1 fully saturated rings. The van der Waals surface area contributed by atoms with Crippen LogP contribution < -0.4 is 5.32 Å². The van der Waals surface area contributed by atoms with Crippen molar-refractivity contribution < 1.29 is 9.53 Å². The number of hydrogen-bond acceptors (Lipinski definition) is 2. The van der Waals surface area contributed by atoms with E-state index in [1.165, 1.54) is 0 Å². The lowest BCUT2D eigenvalue weighted by Crippen LogP contribution is -2.30. The molecule has 0 aliphatic carbocycles. The number of halogens is 1. The first-order chi connectivity index (χ1) is 10.2. The summed E-state index contributed by atoms with van der Waals surface area (Å²) in [5.41, 5.74) is 3.18. The average Bonchev–Trinajstić information content (AvgIpc) is 3.12. The van der Waals surface area contributed by atoms with Crippen LogP contribution in [0.15, 0.2) is 18.2 Å². The summed E-state index contributed by atoms with van der Waals surface area (Å²) in [6.45, 7) is 3.81. The van der Waals surface area contributed by atoms with Gasteiger partial charge in [-0.25, -0.2) is 0 Å². The van der Waals surface area contributed by atoms with Crippen molar-refractivity contribution in [2.24, 2.45) is 5.92 Å². The van der Waals surface area contributed by atoms with Gasteiger partial charge in [-0.1, -0.05) is 18.5 Å². The number of H-pyrrole nitrogens is 1. The quantitative estimate of drug-likeness (QED) is 0.912. The minimum Gasteiger partial charge on any atom is -0.381 e. The molecule has 0 radical (unpaired) electrons. The van der Waals surface area contributed by atoms with Crippen LogP contribution in [0.4, 0.5) is 0 Å². The summed E-state index contributed by atoms with van der Waals surface area (Å²) in [6, 6.07) is 6.09. The molecule has 2 aromatic rings. The van der Waals surface area contributed by atoms with E-state index >= 15 is 0 Å². The summed E-state index contributed by atoms with van der Waals surface area (Å²) >= 11 is 6.23. The number of carbonyl (C=O) groups excluding carboxylic acids is 1. The third-order valence-electron chi connectivity index (χ3n) is 3.98. The minimum atomic E-state index is -0.00415. The van der Waals surface area contributed by atoms with E-state index in [-0.39, 0.29) is 11.8 Å². The Bertz CT molecular complexity index is 660. The molecule has 4 nitrogen and oxygen atoms in total. The SMILES string of the molecule is CCc1cc2[nH]c(CNC(=O)C3CCOC3)cc2cc1Cl. The van der Waals surface area contributed by atoms with Crippen LogP contribution in [0.25, 0.3) is 10.9 Å².